The van der Waals surface area contributed by atoms with Crippen molar-refractivity contribution >= 4 is 15.9 Å². The Morgan fingerprint density at radius 3 is 2.36 bits per heavy atom. The molecule has 1 heterocycles. The summed E-state index contributed by atoms with van der Waals surface area (Å²) in [6.07, 6.45) is 13.4. The normalized spacial score (nSPS) is 22.2. The van der Waals surface area contributed by atoms with Crippen LogP contribution in [0.4, 0.5) is 0 Å². The first-order valence-electron chi connectivity index (χ1n) is 12.7. The predicted octanol–water partition coefficient (Wildman–Crippen LogP) is 3.83. The van der Waals surface area contributed by atoms with Crippen molar-refractivity contribution in [1.82, 2.24) is 14.9 Å². The van der Waals surface area contributed by atoms with E-state index in [2.05, 4.69) is 14.9 Å². The number of amides is 1. The van der Waals surface area contributed by atoms with Gasteiger partial charge in [0.1, 0.15) is 10.6 Å². The zero-order chi connectivity index (χ0) is 23.3. The van der Waals surface area contributed by atoms with Crippen LogP contribution >= 0.6 is 0 Å². The van der Waals surface area contributed by atoms with Gasteiger partial charge in [-0.1, -0.05) is 38.5 Å². The van der Waals surface area contributed by atoms with E-state index < -0.39 is 10.0 Å². The third-order valence-corrected chi connectivity index (χ3v) is 9.32. The molecule has 0 spiro atoms. The molecule has 8 heteroatoms. The summed E-state index contributed by atoms with van der Waals surface area (Å²) in [5.41, 5.74) is 0.381. The van der Waals surface area contributed by atoms with E-state index in [0.29, 0.717) is 12.1 Å². The molecule has 2 aliphatic carbocycles. The number of hydrogen-bond acceptors (Lipinski definition) is 5. The number of hydrogen-bond donors (Lipinski definition) is 2. The van der Waals surface area contributed by atoms with Crippen molar-refractivity contribution in [2.75, 3.05) is 26.7 Å². The number of ether oxygens (including phenoxy) is 1. The number of methoxy groups -OCH3 is 1. The summed E-state index contributed by atoms with van der Waals surface area (Å²) < 4.78 is 34.3. The minimum absolute atomic E-state index is 0.0275. The largest absolute Gasteiger partial charge is 0.495 e. The van der Waals surface area contributed by atoms with Crippen LogP contribution in [0.2, 0.25) is 0 Å². The molecule has 1 saturated heterocycles. The number of carbonyl (C=O) groups is 1. The fourth-order valence-corrected chi connectivity index (χ4v) is 7.38. The summed E-state index contributed by atoms with van der Waals surface area (Å²) in [7, 11) is -2.32. The predicted molar refractivity (Wildman–Crippen MR) is 129 cm³/mol. The van der Waals surface area contributed by atoms with E-state index in [1.165, 1.54) is 51.7 Å². The molecule has 33 heavy (non-hydrogen) atoms. The molecule has 1 amide bonds. The molecule has 0 radical (unpaired) electrons. The molecule has 1 aliphatic heterocycles. The molecule has 184 valence electrons. The fraction of sp³-hybridized carbons (Fsp3) is 0.720. The van der Waals surface area contributed by atoms with Crippen LogP contribution in [0.25, 0.3) is 0 Å². The van der Waals surface area contributed by atoms with Gasteiger partial charge in [0.15, 0.2) is 0 Å². The summed E-state index contributed by atoms with van der Waals surface area (Å²) in [5, 5.41) is 3.16. The maximum atomic E-state index is 13.2. The highest BCUT2D eigenvalue weighted by Crippen LogP contribution is 2.35. The highest BCUT2D eigenvalue weighted by Gasteiger charge is 2.38. The number of piperidine rings is 1. The molecule has 7 nitrogen and oxygen atoms in total. The Kier molecular flexibility index (Phi) is 7.97. The van der Waals surface area contributed by atoms with Gasteiger partial charge in [0.2, 0.25) is 10.0 Å². The van der Waals surface area contributed by atoms with Gasteiger partial charge >= 0.3 is 0 Å². The van der Waals surface area contributed by atoms with E-state index in [1.807, 2.05) is 0 Å². The first-order chi connectivity index (χ1) is 15.9. The topological polar surface area (TPSA) is 87.7 Å². The number of benzene rings is 1. The van der Waals surface area contributed by atoms with Crippen LogP contribution in [0.15, 0.2) is 23.1 Å². The number of likely N-dealkylation sites (tertiary alicyclic amines) is 1. The van der Waals surface area contributed by atoms with E-state index in [0.717, 1.165) is 51.6 Å². The Morgan fingerprint density at radius 1 is 1.03 bits per heavy atom. The van der Waals surface area contributed by atoms with Crippen LogP contribution in [0.1, 0.15) is 87.4 Å². The summed E-state index contributed by atoms with van der Waals surface area (Å²) in [5.74, 6) is 0.0334. The highest BCUT2D eigenvalue weighted by molar-refractivity contribution is 7.89. The second kappa shape index (κ2) is 10.7. The molecule has 4 rings (SSSR count). The Bertz CT molecular complexity index is 916. The lowest BCUT2D eigenvalue weighted by Crippen LogP contribution is -2.58. The molecule has 0 unspecified atom stereocenters. The van der Waals surface area contributed by atoms with E-state index in [9.17, 15) is 13.2 Å². The number of carbonyl (C=O) groups excluding carboxylic acids is 1. The van der Waals surface area contributed by atoms with Crippen molar-refractivity contribution in [3.8, 4) is 5.75 Å². The minimum atomic E-state index is -3.77. The average Bonchev–Trinajstić information content (AvgIpc) is 3.35. The van der Waals surface area contributed by atoms with Gasteiger partial charge in [-0.05, 0) is 69.8 Å². The number of rotatable bonds is 8. The molecule has 0 bridgehead atoms. The highest BCUT2D eigenvalue weighted by atomic mass is 32.2. The van der Waals surface area contributed by atoms with Gasteiger partial charge in [-0.2, -0.15) is 0 Å². The van der Waals surface area contributed by atoms with Gasteiger partial charge in [0.25, 0.3) is 5.91 Å². The monoisotopic (exact) mass is 477 g/mol. The fourth-order valence-electron chi connectivity index (χ4n) is 5.88. The second-order valence-electron chi connectivity index (χ2n) is 9.98. The maximum Gasteiger partial charge on any atom is 0.251 e. The van der Waals surface area contributed by atoms with Crippen LogP contribution in [-0.4, -0.2) is 57.5 Å². The van der Waals surface area contributed by atoms with Crippen LogP contribution in [0.3, 0.4) is 0 Å². The summed E-state index contributed by atoms with van der Waals surface area (Å²) in [6.45, 7) is 2.82. The van der Waals surface area contributed by atoms with E-state index in [1.54, 1.807) is 12.1 Å². The van der Waals surface area contributed by atoms with Crippen LogP contribution in [-0.2, 0) is 10.0 Å². The van der Waals surface area contributed by atoms with Crippen molar-refractivity contribution in [1.29, 1.82) is 0 Å². The molecule has 3 fully saturated rings. The molecular weight excluding hydrogens is 438 g/mol. The summed E-state index contributed by atoms with van der Waals surface area (Å²) in [4.78, 5) is 15.8. The van der Waals surface area contributed by atoms with Crippen LogP contribution in [0, 0.1) is 0 Å². The van der Waals surface area contributed by atoms with Crippen LogP contribution in [0.5, 0.6) is 5.75 Å². The molecule has 0 aromatic heterocycles. The van der Waals surface area contributed by atoms with Gasteiger partial charge in [-0.15, -0.1) is 0 Å². The zero-order valence-corrected chi connectivity index (χ0v) is 20.7. The molecule has 3 aliphatic rings. The number of sulfonamides is 1. The molecular formula is C25H39N3O4S. The van der Waals surface area contributed by atoms with Gasteiger partial charge in [-0.3, -0.25) is 9.69 Å². The van der Waals surface area contributed by atoms with Crippen molar-refractivity contribution in [2.45, 2.75) is 93.5 Å². The summed E-state index contributed by atoms with van der Waals surface area (Å²) in [6, 6.07) is 4.64. The van der Waals surface area contributed by atoms with Crippen molar-refractivity contribution in [3.63, 3.8) is 0 Å². The molecule has 2 N–H and O–H groups in total. The quantitative estimate of drug-likeness (QED) is 0.594. The van der Waals surface area contributed by atoms with Gasteiger partial charge < -0.3 is 10.1 Å². The first kappa shape index (κ1) is 24.5. The lowest BCUT2D eigenvalue weighted by molar-refractivity contribution is 0.0326. The smallest absolute Gasteiger partial charge is 0.251 e. The zero-order valence-electron chi connectivity index (χ0n) is 19.9. The Labute approximate surface area is 198 Å². The van der Waals surface area contributed by atoms with Crippen molar-refractivity contribution in [3.05, 3.63) is 23.8 Å². The standard InChI is InChI=1S/C25H39N3O4S/c1-32-22-13-12-20(18-23(22)33(30,31)27-21-10-4-5-11-21)24(29)26-19-25(14-6-2-7-15-25)28-16-8-3-9-17-28/h12-13,18,21,27H,2-11,14-17,19H2,1H3,(H,26,29). The second-order valence-corrected chi connectivity index (χ2v) is 11.7. The SMILES string of the molecule is COc1ccc(C(=O)NCC2(N3CCCCC3)CCCCC2)cc1S(=O)(=O)NC1CCCC1. The first-order valence-corrected chi connectivity index (χ1v) is 14.2. The van der Waals surface area contributed by atoms with Gasteiger partial charge in [-0.25, -0.2) is 13.1 Å². The lowest BCUT2D eigenvalue weighted by Gasteiger charge is -2.48. The van der Waals surface area contributed by atoms with Crippen molar-refractivity contribution < 1.29 is 17.9 Å². The molecule has 1 aromatic carbocycles. The maximum absolute atomic E-state index is 13.2. The summed E-state index contributed by atoms with van der Waals surface area (Å²) >= 11 is 0. The Hall–Kier alpha value is -1.64. The molecule has 2 saturated carbocycles. The van der Waals surface area contributed by atoms with Gasteiger partial charge in [0, 0.05) is 23.7 Å². The van der Waals surface area contributed by atoms with E-state index >= 15 is 0 Å². The number of nitrogens with one attached hydrogen (secondary N) is 2. The minimum Gasteiger partial charge on any atom is -0.495 e. The molecule has 1 aromatic rings. The third-order valence-electron chi connectivity index (χ3n) is 7.78. The Balaban J connectivity index is 1.50. The Morgan fingerprint density at radius 2 is 1.70 bits per heavy atom. The number of nitrogens with zero attached hydrogens (tertiary/aromatic N) is 1. The van der Waals surface area contributed by atoms with Crippen molar-refractivity contribution in [2.24, 2.45) is 0 Å². The van der Waals surface area contributed by atoms with Gasteiger partial charge in [0.05, 0.1) is 7.11 Å². The molecule has 0 atom stereocenters. The lowest BCUT2D eigenvalue weighted by atomic mass is 9.79. The average molecular weight is 478 g/mol. The third kappa shape index (κ3) is 5.72. The van der Waals surface area contributed by atoms with E-state index in [4.69, 9.17) is 4.74 Å². The van der Waals surface area contributed by atoms with Crippen LogP contribution < -0.4 is 14.8 Å². The van der Waals surface area contributed by atoms with E-state index in [-0.39, 0.29) is 28.1 Å².